The fourth-order valence-corrected chi connectivity index (χ4v) is 16.0. The number of nitrogens with zero attached hydrogens (tertiary/aromatic N) is 2. The molecule has 7 aromatic rings. The van der Waals surface area contributed by atoms with E-state index in [1.165, 1.54) is 160 Å². The number of thiophene rings is 1. The van der Waals surface area contributed by atoms with E-state index in [2.05, 4.69) is 237 Å². The Morgan fingerprint density at radius 3 is 1.56 bits per heavy atom. The lowest BCUT2D eigenvalue weighted by Gasteiger charge is -2.47. The Hall–Kier alpha value is -5.06. The number of anilines is 6. The number of fused-ring (bicyclic) bond motifs is 9. The van der Waals surface area contributed by atoms with Crippen molar-refractivity contribution in [1.29, 1.82) is 0 Å². The predicted molar refractivity (Wildman–Crippen MR) is 320 cm³/mol. The van der Waals surface area contributed by atoms with Crippen LogP contribution in [-0.4, -0.2) is 6.71 Å². The molecule has 0 radical (unpaired) electrons. The van der Waals surface area contributed by atoms with Crippen LogP contribution in [0.1, 0.15) is 198 Å². The van der Waals surface area contributed by atoms with Crippen LogP contribution in [0.25, 0.3) is 21.2 Å². The Morgan fingerprint density at radius 2 is 0.986 bits per heavy atom. The molecule has 1 aromatic heterocycles. The molecule has 12 rings (SSSR count). The summed E-state index contributed by atoms with van der Waals surface area (Å²) in [7, 11) is 0. The first-order valence-electron chi connectivity index (χ1n) is 27.9. The molecule has 3 aliphatic carbocycles. The predicted octanol–water partition coefficient (Wildman–Crippen LogP) is 17.9. The fourth-order valence-electron chi connectivity index (χ4n) is 14.6. The summed E-state index contributed by atoms with van der Waals surface area (Å²) < 4.78 is 2.90. The second kappa shape index (κ2) is 15.5. The fraction of sp³-hybridized carbons (Fsp3) is 0.449. The van der Waals surface area contributed by atoms with Crippen LogP contribution < -0.4 is 25.5 Å². The van der Waals surface area contributed by atoms with E-state index in [1.54, 1.807) is 5.56 Å². The third-order valence-corrected chi connectivity index (χ3v) is 20.9. The quantitative estimate of drug-likeness (QED) is 0.163. The van der Waals surface area contributed by atoms with Gasteiger partial charge in [-0.2, -0.15) is 0 Å². The Kier molecular flexibility index (Phi) is 10.4. The minimum absolute atomic E-state index is 0.0215. The standard InChI is InChI=1S/C69H81BN2S/c1-40-32-56-60-57(33-40)72(54-25-22-43(63(4,5)6)34-45(54)59-41(2)20-19-21-42(59)3)55-38-51-50(67(13,14)29-30-68(51,15)16)37-53(55)70(60)62-61(46-36-49-52(39-58(46)73-62)69(17,18)31-28-66(49,11)12)71(56)44-23-24-47-48(35-44)65(9,10)27-26-64(47,7)8/h19-25,32-39H,26-31H2,1-18H3. The maximum Gasteiger partial charge on any atom is 0.264 e. The van der Waals surface area contributed by atoms with E-state index < -0.39 is 0 Å². The molecule has 0 N–H and O–H groups in total. The molecular weight excluding hydrogens is 900 g/mol. The van der Waals surface area contributed by atoms with Gasteiger partial charge in [0.15, 0.2) is 0 Å². The van der Waals surface area contributed by atoms with E-state index >= 15 is 0 Å². The Morgan fingerprint density at radius 1 is 0.479 bits per heavy atom. The molecule has 0 unspecified atom stereocenters. The monoisotopic (exact) mass is 981 g/mol. The first-order chi connectivity index (χ1) is 34.0. The number of hydrogen-bond acceptors (Lipinski definition) is 3. The van der Waals surface area contributed by atoms with Gasteiger partial charge in [-0.25, -0.2) is 0 Å². The molecule has 73 heavy (non-hydrogen) atoms. The van der Waals surface area contributed by atoms with E-state index in [9.17, 15) is 0 Å². The van der Waals surface area contributed by atoms with Gasteiger partial charge in [0.25, 0.3) is 6.71 Å². The topological polar surface area (TPSA) is 6.48 Å². The molecule has 0 saturated carbocycles. The van der Waals surface area contributed by atoms with Crippen molar-refractivity contribution in [1.82, 2.24) is 0 Å². The summed E-state index contributed by atoms with van der Waals surface area (Å²) in [6.45, 7) is 44.1. The third-order valence-electron chi connectivity index (χ3n) is 19.7. The van der Waals surface area contributed by atoms with Gasteiger partial charge in [-0.15, -0.1) is 11.3 Å². The molecule has 2 aliphatic heterocycles. The van der Waals surface area contributed by atoms with Gasteiger partial charge in [-0.05, 0) is 224 Å². The molecule has 3 heterocycles. The van der Waals surface area contributed by atoms with Gasteiger partial charge < -0.3 is 9.80 Å². The molecule has 2 nitrogen and oxygen atoms in total. The van der Waals surface area contributed by atoms with E-state index in [4.69, 9.17) is 0 Å². The van der Waals surface area contributed by atoms with Crippen LogP contribution in [0, 0.1) is 20.8 Å². The molecule has 5 aliphatic rings. The normalized spacial score (nSPS) is 20.2. The van der Waals surface area contributed by atoms with Crippen LogP contribution in [0.2, 0.25) is 0 Å². The maximum absolute atomic E-state index is 2.77. The summed E-state index contributed by atoms with van der Waals surface area (Å²) in [5, 5.41) is 1.41. The molecule has 376 valence electrons. The summed E-state index contributed by atoms with van der Waals surface area (Å²) >= 11 is 2.09. The zero-order chi connectivity index (χ0) is 52.1. The van der Waals surface area contributed by atoms with Crippen molar-refractivity contribution in [2.45, 2.75) is 201 Å². The Bertz CT molecular complexity index is 3490. The number of rotatable bonds is 3. The van der Waals surface area contributed by atoms with Crippen LogP contribution in [0.4, 0.5) is 34.1 Å². The molecular formula is C69H81BN2S. The third kappa shape index (κ3) is 7.21. The second-order valence-electron chi connectivity index (χ2n) is 28.8. The summed E-state index contributed by atoms with van der Waals surface area (Å²) in [5.74, 6) is 0. The molecule has 0 atom stereocenters. The van der Waals surface area contributed by atoms with Crippen molar-refractivity contribution < 1.29 is 0 Å². The largest absolute Gasteiger partial charge is 0.311 e. The highest BCUT2D eigenvalue weighted by Gasteiger charge is 2.49. The lowest BCUT2D eigenvalue weighted by Crippen LogP contribution is -2.61. The van der Waals surface area contributed by atoms with Crippen molar-refractivity contribution in [3.8, 4) is 11.1 Å². The highest BCUT2D eigenvalue weighted by molar-refractivity contribution is 7.33. The Labute approximate surface area is 444 Å². The maximum atomic E-state index is 2.77. The van der Waals surface area contributed by atoms with Crippen LogP contribution in [0.15, 0.2) is 91.0 Å². The van der Waals surface area contributed by atoms with E-state index in [0.717, 1.165) is 0 Å². The lowest BCUT2D eigenvalue weighted by molar-refractivity contribution is 0.332. The minimum Gasteiger partial charge on any atom is -0.311 e. The van der Waals surface area contributed by atoms with Gasteiger partial charge >= 0.3 is 0 Å². The summed E-state index contributed by atoms with van der Waals surface area (Å²) in [5.41, 5.74) is 28.3. The first-order valence-corrected chi connectivity index (χ1v) is 28.7. The SMILES string of the molecule is Cc1cc2c3c(c1)N(c1ccc4c(c1)C(C)(C)CCC4(C)C)c1c(sc4cc5c(cc14)C(C)(C)CCC5(C)C)B3c1cc3c(cc1N2c1ccc(C(C)(C)C)cc1-c1c(C)cccc1C)C(C)(C)CCC3(C)C. The van der Waals surface area contributed by atoms with Crippen molar-refractivity contribution in [3.05, 3.63) is 147 Å². The molecule has 0 spiro atoms. The van der Waals surface area contributed by atoms with Gasteiger partial charge in [-0.3, -0.25) is 0 Å². The second-order valence-corrected chi connectivity index (χ2v) is 29.9. The van der Waals surface area contributed by atoms with Crippen LogP contribution in [-0.2, 0) is 37.9 Å². The average Bonchev–Trinajstić information content (AvgIpc) is 3.68. The van der Waals surface area contributed by atoms with Gasteiger partial charge in [0.05, 0.1) is 11.4 Å². The van der Waals surface area contributed by atoms with E-state index in [0.29, 0.717) is 0 Å². The van der Waals surface area contributed by atoms with Crippen molar-refractivity contribution in [3.63, 3.8) is 0 Å². The highest BCUT2D eigenvalue weighted by atomic mass is 32.1. The van der Waals surface area contributed by atoms with Gasteiger partial charge in [0.2, 0.25) is 0 Å². The van der Waals surface area contributed by atoms with Gasteiger partial charge in [0.1, 0.15) is 0 Å². The van der Waals surface area contributed by atoms with Crippen LogP contribution >= 0.6 is 11.3 Å². The molecule has 6 aromatic carbocycles. The van der Waals surface area contributed by atoms with Crippen molar-refractivity contribution in [2.24, 2.45) is 0 Å². The molecule has 0 saturated heterocycles. The number of aryl methyl sites for hydroxylation is 3. The van der Waals surface area contributed by atoms with Crippen LogP contribution in [0.3, 0.4) is 0 Å². The van der Waals surface area contributed by atoms with Crippen molar-refractivity contribution >= 4 is 78.0 Å². The van der Waals surface area contributed by atoms with Gasteiger partial charge in [-0.1, -0.05) is 140 Å². The first kappa shape index (κ1) is 48.9. The zero-order valence-corrected chi connectivity index (χ0v) is 48.6. The molecule has 0 bridgehead atoms. The lowest BCUT2D eigenvalue weighted by atomic mass is 9.35. The summed E-state index contributed by atoms with van der Waals surface area (Å²) in [6, 6.07) is 37.8. The number of benzene rings is 6. The molecule has 4 heteroatoms. The zero-order valence-electron chi connectivity index (χ0n) is 47.8. The Balaban J connectivity index is 1.24. The van der Waals surface area contributed by atoms with Crippen LogP contribution in [0.5, 0.6) is 0 Å². The molecule has 0 amide bonds. The molecule has 0 fully saturated rings. The van der Waals surface area contributed by atoms with Gasteiger partial charge in [0, 0.05) is 43.2 Å². The van der Waals surface area contributed by atoms with Crippen molar-refractivity contribution in [2.75, 3.05) is 9.80 Å². The summed E-state index contributed by atoms with van der Waals surface area (Å²) in [6.07, 6.45) is 7.13. The summed E-state index contributed by atoms with van der Waals surface area (Å²) in [4.78, 5) is 5.52. The minimum atomic E-state index is -0.0215. The average molecular weight is 981 g/mol. The van der Waals surface area contributed by atoms with E-state index in [-0.39, 0.29) is 44.6 Å². The smallest absolute Gasteiger partial charge is 0.264 e. The van der Waals surface area contributed by atoms with E-state index in [1.807, 2.05) is 0 Å². The highest BCUT2D eigenvalue weighted by Crippen LogP contribution is 2.56. The number of hydrogen-bond donors (Lipinski definition) is 0.